The Bertz CT molecular complexity index is 926. The zero-order valence-electron chi connectivity index (χ0n) is 19.9. The molecule has 0 N–H and O–H groups in total. The zero-order chi connectivity index (χ0) is 22.8. The summed E-state index contributed by atoms with van der Waals surface area (Å²) in [5, 5.41) is 0.976. The van der Waals surface area contributed by atoms with E-state index in [0.29, 0.717) is 12.1 Å². The van der Waals surface area contributed by atoms with Crippen LogP contribution < -0.4 is 4.74 Å². The van der Waals surface area contributed by atoms with Crippen LogP contribution in [0.15, 0.2) is 18.2 Å². The topological polar surface area (TPSA) is 46.6 Å². The van der Waals surface area contributed by atoms with E-state index >= 15 is 0 Å². The molecule has 0 radical (unpaired) electrons. The summed E-state index contributed by atoms with van der Waals surface area (Å²) in [7, 11) is 1.65. The van der Waals surface area contributed by atoms with Gasteiger partial charge in [0.1, 0.15) is 5.75 Å². The van der Waals surface area contributed by atoms with E-state index in [1.807, 2.05) is 39.0 Å². The summed E-state index contributed by atoms with van der Waals surface area (Å²) in [5.74, 6) is 1.02. The highest BCUT2D eigenvalue weighted by Crippen LogP contribution is 2.39. The van der Waals surface area contributed by atoms with Crippen molar-refractivity contribution < 1.29 is 14.3 Å². The predicted molar refractivity (Wildman–Crippen MR) is 129 cm³/mol. The average molecular weight is 444 g/mol. The smallest absolute Gasteiger partial charge is 0.227 e. The van der Waals surface area contributed by atoms with Crippen LogP contribution in [-0.2, 0) is 11.2 Å². The molecule has 1 amide bonds. The Balaban J connectivity index is 2.03. The van der Waals surface area contributed by atoms with Gasteiger partial charge in [0.2, 0.25) is 5.91 Å². The quantitative estimate of drug-likeness (QED) is 0.430. The van der Waals surface area contributed by atoms with Crippen LogP contribution >= 0.6 is 11.3 Å². The predicted octanol–water partition coefficient (Wildman–Crippen LogP) is 6.64. The molecular formula is C26H37NO3S. The number of carbonyl (C=O) groups excluding carboxylic acids is 2. The van der Waals surface area contributed by atoms with Crippen LogP contribution in [-0.4, -0.2) is 35.8 Å². The Morgan fingerprint density at radius 3 is 2.23 bits per heavy atom. The van der Waals surface area contributed by atoms with Crippen molar-refractivity contribution in [2.45, 2.75) is 91.6 Å². The Hall–Kier alpha value is -1.88. The molecule has 3 rings (SSSR count). The minimum atomic E-state index is -0.494. The third-order valence-corrected chi connectivity index (χ3v) is 7.58. The van der Waals surface area contributed by atoms with Gasteiger partial charge in [-0.05, 0) is 49.4 Å². The van der Waals surface area contributed by atoms with E-state index in [1.165, 1.54) is 11.3 Å². The van der Waals surface area contributed by atoms with Crippen LogP contribution in [0.1, 0.15) is 88.4 Å². The minimum Gasteiger partial charge on any atom is -0.497 e. The third kappa shape index (κ3) is 4.97. The van der Waals surface area contributed by atoms with E-state index in [0.717, 1.165) is 64.8 Å². The highest BCUT2D eigenvalue weighted by atomic mass is 32.1. The summed E-state index contributed by atoms with van der Waals surface area (Å²) < 4.78 is 6.48. The zero-order valence-corrected chi connectivity index (χ0v) is 20.7. The van der Waals surface area contributed by atoms with Crippen molar-refractivity contribution in [3.05, 3.63) is 28.6 Å². The summed E-state index contributed by atoms with van der Waals surface area (Å²) in [5.41, 5.74) is 0.382. The van der Waals surface area contributed by atoms with Crippen LogP contribution in [0.5, 0.6) is 5.75 Å². The molecule has 2 aromatic rings. The molecule has 5 heteroatoms. The standard InChI is InChI=1S/C26H37NO3S/c1-7-9-17-11-12-18(10-8-2)27(17)23(28)16-21-20-15-19(30-6)13-14-22(20)31-24(21)25(29)26(3,4)5/h13-15,17-18H,7-12,16H2,1-6H3/t17-,18-/m0/s1. The molecule has 1 aliphatic heterocycles. The maximum atomic E-state index is 13.7. The molecule has 2 atom stereocenters. The largest absolute Gasteiger partial charge is 0.497 e. The first kappa shape index (κ1) is 23.8. The molecule has 1 aliphatic rings. The Kier molecular flexibility index (Phi) is 7.46. The molecule has 0 bridgehead atoms. The van der Waals surface area contributed by atoms with E-state index in [-0.39, 0.29) is 18.1 Å². The number of ketones is 1. The van der Waals surface area contributed by atoms with Crippen LogP contribution in [0.2, 0.25) is 0 Å². The summed E-state index contributed by atoms with van der Waals surface area (Å²) >= 11 is 1.51. The number of amides is 1. The van der Waals surface area contributed by atoms with Gasteiger partial charge in [0.25, 0.3) is 0 Å². The Morgan fingerprint density at radius 2 is 1.71 bits per heavy atom. The fourth-order valence-corrected chi connectivity index (χ4v) is 6.15. The second-order valence-corrected chi connectivity index (χ2v) is 10.8. The molecule has 1 saturated heterocycles. The van der Waals surface area contributed by atoms with Crippen LogP contribution in [0.25, 0.3) is 10.1 Å². The summed E-state index contributed by atoms with van der Waals surface area (Å²) in [6, 6.07) is 6.56. The molecular weight excluding hydrogens is 406 g/mol. The first-order valence-electron chi connectivity index (χ1n) is 11.7. The molecule has 0 unspecified atom stereocenters. The lowest BCUT2D eigenvalue weighted by Crippen LogP contribution is -2.42. The molecule has 1 aromatic heterocycles. The summed E-state index contributed by atoms with van der Waals surface area (Å²) in [6.45, 7) is 10.2. The average Bonchev–Trinajstić information content (AvgIpc) is 3.28. The van der Waals surface area contributed by atoms with Crippen LogP contribution in [0.3, 0.4) is 0 Å². The van der Waals surface area contributed by atoms with Crippen molar-refractivity contribution in [3.8, 4) is 5.75 Å². The minimum absolute atomic E-state index is 0.104. The molecule has 0 spiro atoms. The number of likely N-dealkylation sites (tertiary alicyclic amines) is 1. The van der Waals surface area contributed by atoms with Gasteiger partial charge >= 0.3 is 0 Å². The fraction of sp³-hybridized carbons (Fsp3) is 0.615. The first-order valence-corrected chi connectivity index (χ1v) is 12.5. The van der Waals surface area contributed by atoms with Gasteiger partial charge in [-0.25, -0.2) is 0 Å². The van der Waals surface area contributed by atoms with Gasteiger partial charge in [0, 0.05) is 27.6 Å². The molecule has 4 nitrogen and oxygen atoms in total. The second-order valence-electron chi connectivity index (χ2n) is 9.79. The molecule has 1 fully saturated rings. The number of thiophene rings is 1. The van der Waals surface area contributed by atoms with Gasteiger partial charge in [-0.3, -0.25) is 9.59 Å². The maximum absolute atomic E-state index is 13.7. The highest BCUT2D eigenvalue weighted by molar-refractivity contribution is 7.21. The van der Waals surface area contributed by atoms with Crippen molar-refractivity contribution in [1.29, 1.82) is 0 Å². The fourth-order valence-electron chi connectivity index (χ4n) is 4.80. The lowest BCUT2D eigenvalue weighted by Gasteiger charge is -2.31. The number of hydrogen-bond donors (Lipinski definition) is 0. The van der Waals surface area contributed by atoms with Gasteiger partial charge in [-0.15, -0.1) is 11.3 Å². The Morgan fingerprint density at radius 1 is 1.10 bits per heavy atom. The number of Topliss-reactive ketones (excluding diaryl/α,β-unsaturated/α-hetero) is 1. The van der Waals surface area contributed by atoms with Crippen molar-refractivity contribution in [3.63, 3.8) is 0 Å². The monoisotopic (exact) mass is 443 g/mol. The number of ether oxygens (including phenoxy) is 1. The summed E-state index contributed by atoms with van der Waals surface area (Å²) in [4.78, 5) is 29.9. The highest BCUT2D eigenvalue weighted by Gasteiger charge is 2.37. The number of hydrogen-bond acceptors (Lipinski definition) is 4. The van der Waals surface area contributed by atoms with Gasteiger partial charge in [0.15, 0.2) is 5.78 Å². The number of nitrogens with zero attached hydrogens (tertiary/aromatic N) is 1. The van der Waals surface area contributed by atoms with Crippen molar-refractivity contribution in [2.75, 3.05) is 7.11 Å². The first-order chi connectivity index (χ1) is 14.7. The lowest BCUT2D eigenvalue weighted by atomic mass is 9.88. The maximum Gasteiger partial charge on any atom is 0.227 e. The van der Waals surface area contributed by atoms with Crippen molar-refractivity contribution in [2.24, 2.45) is 5.41 Å². The molecule has 2 heterocycles. The molecule has 0 aliphatic carbocycles. The SMILES string of the molecule is CCC[C@H]1CC[C@H](CCC)N1C(=O)Cc1c(C(=O)C(C)(C)C)sc2ccc(OC)cc12. The number of carbonyl (C=O) groups is 2. The lowest BCUT2D eigenvalue weighted by molar-refractivity contribution is -0.133. The van der Waals surface area contributed by atoms with Crippen LogP contribution in [0.4, 0.5) is 0 Å². The normalized spacial score (nSPS) is 19.2. The van der Waals surface area contributed by atoms with Gasteiger partial charge in [-0.2, -0.15) is 0 Å². The third-order valence-electron chi connectivity index (χ3n) is 6.37. The molecule has 1 aromatic carbocycles. The molecule has 31 heavy (non-hydrogen) atoms. The number of rotatable bonds is 8. The van der Waals surface area contributed by atoms with E-state index in [9.17, 15) is 9.59 Å². The van der Waals surface area contributed by atoms with E-state index < -0.39 is 5.41 Å². The molecule has 0 saturated carbocycles. The van der Waals surface area contributed by atoms with Gasteiger partial charge in [-0.1, -0.05) is 47.5 Å². The van der Waals surface area contributed by atoms with E-state index in [4.69, 9.17) is 4.74 Å². The van der Waals surface area contributed by atoms with Crippen molar-refractivity contribution in [1.82, 2.24) is 4.90 Å². The molecule has 170 valence electrons. The van der Waals surface area contributed by atoms with Crippen LogP contribution in [0, 0.1) is 5.41 Å². The van der Waals surface area contributed by atoms with Gasteiger partial charge < -0.3 is 9.64 Å². The number of fused-ring (bicyclic) bond motifs is 1. The van der Waals surface area contributed by atoms with E-state index in [2.05, 4.69) is 18.7 Å². The second kappa shape index (κ2) is 9.72. The summed E-state index contributed by atoms with van der Waals surface area (Å²) in [6.07, 6.45) is 6.74. The van der Waals surface area contributed by atoms with Crippen molar-refractivity contribution >= 4 is 33.1 Å². The van der Waals surface area contributed by atoms with Gasteiger partial charge in [0.05, 0.1) is 18.4 Å². The number of methoxy groups -OCH3 is 1. The number of benzene rings is 1. The van der Waals surface area contributed by atoms with E-state index in [1.54, 1.807) is 7.11 Å². The Labute approximate surface area is 191 Å².